The number of benzene rings is 4. The molecular formula is C53H43N5. The van der Waals surface area contributed by atoms with Gasteiger partial charge in [-0.2, -0.15) is 0 Å². The van der Waals surface area contributed by atoms with Crippen molar-refractivity contribution in [2.45, 2.75) is 46.0 Å². The van der Waals surface area contributed by atoms with Crippen molar-refractivity contribution < 1.29 is 0 Å². The quantitative estimate of drug-likeness (QED) is 0.170. The van der Waals surface area contributed by atoms with Crippen LogP contribution in [0.15, 0.2) is 146 Å². The second-order valence-electron chi connectivity index (χ2n) is 15.8. The molecule has 9 aromatic rings. The number of pyridine rings is 2. The van der Waals surface area contributed by atoms with Gasteiger partial charge in [-0.1, -0.05) is 79.8 Å². The zero-order chi connectivity index (χ0) is 38.9. The van der Waals surface area contributed by atoms with E-state index in [0.717, 1.165) is 53.0 Å². The van der Waals surface area contributed by atoms with Crippen LogP contribution in [0.4, 0.5) is 0 Å². The number of para-hydroxylation sites is 2. The summed E-state index contributed by atoms with van der Waals surface area (Å²) in [5.41, 5.74) is 19.1. The number of allylic oxidation sites excluding steroid dienone is 3. The summed E-state index contributed by atoms with van der Waals surface area (Å²) >= 11 is 0. The fourth-order valence-corrected chi connectivity index (χ4v) is 9.70. The van der Waals surface area contributed by atoms with E-state index in [1.807, 2.05) is 18.6 Å². The smallest absolute Gasteiger partial charge is 0.0738 e. The Morgan fingerprint density at radius 2 is 1.41 bits per heavy atom. The van der Waals surface area contributed by atoms with Crippen LogP contribution in [0.5, 0.6) is 0 Å². The number of hydrogen-bond donors (Lipinski definition) is 0. The Kier molecular flexibility index (Phi) is 8.04. The number of aryl methyl sites for hydroxylation is 1. The molecule has 2 aliphatic rings. The molecule has 0 fully saturated rings. The van der Waals surface area contributed by atoms with Gasteiger partial charge in [-0.15, -0.1) is 0 Å². The van der Waals surface area contributed by atoms with Gasteiger partial charge >= 0.3 is 0 Å². The van der Waals surface area contributed by atoms with Gasteiger partial charge in [0.2, 0.25) is 0 Å². The molecule has 1 unspecified atom stereocenters. The van der Waals surface area contributed by atoms with E-state index in [2.05, 4.69) is 180 Å². The summed E-state index contributed by atoms with van der Waals surface area (Å²) in [6.07, 6.45) is 22.6. The highest BCUT2D eigenvalue weighted by molar-refractivity contribution is 6.10. The molecule has 1 atom stereocenters. The van der Waals surface area contributed by atoms with Crippen molar-refractivity contribution in [2.75, 3.05) is 0 Å². The Balaban J connectivity index is 1.00. The Hall–Kier alpha value is -6.98. The summed E-state index contributed by atoms with van der Waals surface area (Å²) in [6.45, 7) is 6.71. The highest BCUT2D eigenvalue weighted by Gasteiger charge is 2.25. The molecule has 0 aliphatic heterocycles. The molecule has 280 valence electrons. The number of rotatable bonds is 6. The van der Waals surface area contributed by atoms with Crippen molar-refractivity contribution >= 4 is 50.9 Å². The fraction of sp³-hybridized carbons (Fsp3) is 0.132. The van der Waals surface area contributed by atoms with Crippen molar-refractivity contribution in [3.05, 3.63) is 180 Å². The largest absolute Gasteiger partial charge is 0.313 e. The van der Waals surface area contributed by atoms with E-state index in [0.29, 0.717) is 5.92 Å². The van der Waals surface area contributed by atoms with Crippen molar-refractivity contribution in [3.63, 3.8) is 0 Å². The Morgan fingerprint density at radius 3 is 2.28 bits per heavy atom. The van der Waals surface area contributed by atoms with Crippen LogP contribution in [-0.2, 0) is 6.42 Å². The predicted molar refractivity (Wildman–Crippen MR) is 242 cm³/mol. The lowest BCUT2D eigenvalue weighted by molar-refractivity contribution is 0.716. The van der Waals surface area contributed by atoms with Gasteiger partial charge in [0.15, 0.2) is 0 Å². The minimum atomic E-state index is 0.433. The maximum absolute atomic E-state index is 4.86. The van der Waals surface area contributed by atoms with Gasteiger partial charge in [-0.25, -0.2) is 0 Å². The van der Waals surface area contributed by atoms with Crippen LogP contribution in [0, 0.1) is 6.92 Å². The van der Waals surface area contributed by atoms with Crippen molar-refractivity contribution in [2.24, 2.45) is 0 Å². The number of aromatic nitrogens is 5. The normalized spacial score (nSPS) is 14.9. The first-order valence-electron chi connectivity index (χ1n) is 20.5. The van der Waals surface area contributed by atoms with E-state index in [1.165, 1.54) is 72.2 Å². The van der Waals surface area contributed by atoms with Gasteiger partial charge in [0.05, 0.1) is 22.2 Å². The van der Waals surface area contributed by atoms with Crippen LogP contribution >= 0.6 is 0 Å². The number of hydrogen-bond acceptors (Lipinski definition) is 2. The molecule has 2 aliphatic carbocycles. The summed E-state index contributed by atoms with van der Waals surface area (Å²) in [7, 11) is 0. The first-order valence-corrected chi connectivity index (χ1v) is 20.5. The molecule has 5 heteroatoms. The molecule has 11 rings (SSSR count). The lowest BCUT2D eigenvalue weighted by atomic mass is 9.93. The predicted octanol–water partition coefficient (Wildman–Crippen LogP) is 13.5. The Morgan fingerprint density at radius 1 is 0.655 bits per heavy atom. The molecule has 0 amide bonds. The molecule has 5 heterocycles. The summed E-state index contributed by atoms with van der Waals surface area (Å²) in [5.74, 6) is 0.433. The minimum Gasteiger partial charge on any atom is -0.313 e. The first kappa shape index (κ1) is 34.3. The lowest BCUT2D eigenvalue weighted by Gasteiger charge is -2.20. The van der Waals surface area contributed by atoms with Crippen molar-refractivity contribution in [1.29, 1.82) is 0 Å². The van der Waals surface area contributed by atoms with E-state index in [4.69, 9.17) is 9.97 Å². The van der Waals surface area contributed by atoms with Gasteiger partial charge in [0.1, 0.15) is 0 Å². The van der Waals surface area contributed by atoms with Gasteiger partial charge in [0.25, 0.3) is 0 Å². The summed E-state index contributed by atoms with van der Waals surface area (Å²) < 4.78 is 7.29. The highest BCUT2D eigenvalue weighted by Crippen LogP contribution is 2.40. The molecule has 0 bridgehead atoms. The molecule has 0 spiro atoms. The Bertz CT molecular complexity index is 3200. The van der Waals surface area contributed by atoms with E-state index in [-0.39, 0.29) is 0 Å². The standard InChI is InChI=1S/C53H43N5/c1-4-13-48-35(3)42-20-11-14-34(2)53(42)58(48)40-16-12-15-39(30-40)56-51-23-10-7-19-45(51)46-29-36(24-25-52(46)56)37-28-38(33-54-32-37)47-31-41(26-27-55-47)57-49-21-8-5-17-43(49)44-18-6-9-22-50(44)57/h4-5,7-13,15-17,19-34H,6,14,18H2,1-3H3/b13-4-. The number of fused-ring (bicyclic) bond motifs is 7. The van der Waals surface area contributed by atoms with E-state index in [1.54, 1.807) is 0 Å². The minimum absolute atomic E-state index is 0.433. The molecule has 5 aromatic heterocycles. The molecule has 0 N–H and O–H groups in total. The van der Waals surface area contributed by atoms with Crippen LogP contribution in [0.25, 0.3) is 90.4 Å². The summed E-state index contributed by atoms with van der Waals surface area (Å²) in [5, 5.41) is 3.76. The second-order valence-corrected chi connectivity index (χ2v) is 15.8. The third kappa shape index (κ3) is 5.30. The van der Waals surface area contributed by atoms with Crippen LogP contribution in [0.2, 0.25) is 0 Å². The van der Waals surface area contributed by atoms with E-state index in [9.17, 15) is 0 Å². The van der Waals surface area contributed by atoms with Crippen LogP contribution in [-0.4, -0.2) is 23.7 Å². The van der Waals surface area contributed by atoms with Gasteiger partial charge < -0.3 is 13.7 Å². The first-order chi connectivity index (χ1) is 28.6. The van der Waals surface area contributed by atoms with Crippen molar-refractivity contribution in [3.8, 4) is 39.4 Å². The average Bonchev–Trinajstić information content (AvgIpc) is 3.89. The van der Waals surface area contributed by atoms with Gasteiger partial charge in [-0.05, 0) is 128 Å². The van der Waals surface area contributed by atoms with Crippen LogP contribution in [0.3, 0.4) is 0 Å². The maximum atomic E-state index is 4.86. The van der Waals surface area contributed by atoms with Gasteiger partial charge in [-0.3, -0.25) is 9.97 Å². The molecule has 0 saturated heterocycles. The van der Waals surface area contributed by atoms with Crippen molar-refractivity contribution in [1.82, 2.24) is 23.7 Å². The van der Waals surface area contributed by atoms with Crippen LogP contribution < -0.4 is 0 Å². The topological polar surface area (TPSA) is 40.6 Å². The summed E-state index contributed by atoms with van der Waals surface area (Å²) in [4.78, 5) is 9.63. The molecule has 5 nitrogen and oxygen atoms in total. The monoisotopic (exact) mass is 749 g/mol. The zero-order valence-corrected chi connectivity index (χ0v) is 33.0. The number of nitrogens with zero attached hydrogens (tertiary/aromatic N) is 5. The Labute approximate surface area is 338 Å². The molecule has 0 radical (unpaired) electrons. The third-order valence-electron chi connectivity index (χ3n) is 12.4. The highest BCUT2D eigenvalue weighted by atomic mass is 15.0. The zero-order valence-electron chi connectivity index (χ0n) is 33.0. The fourth-order valence-electron chi connectivity index (χ4n) is 9.70. The van der Waals surface area contributed by atoms with Gasteiger partial charge in [0, 0.05) is 85.9 Å². The summed E-state index contributed by atoms with van der Waals surface area (Å²) in [6, 6.07) is 39.9. The molecular weight excluding hydrogens is 707 g/mol. The molecule has 0 saturated carbocycles. The second kappa shape index (κ2) is 13.6. The molecule has 58 heavy (non-hydrogen) atoms. The maximum Gasteiger partial charge on any atom is 0.0738 e. The lowest BCUT2D eigenvalue weighted by Crippen LogP contribution is -2.08. The third-order valence-corrected chi connectivity index (χ3v) is 12.4. The average molecular weight is 750 g/mol. The van der Waals surface area contributed by atoms with Crippen LogP contribution in [0.1, 0.15) is 66.4 Å². The van der Waals surface area contributed by atoms with E-state index >= 15 is 0 Å². The molecule has 4 aromatic carbocycles. The van der Waals surface area contributed by atoms with E-state index < -0.39 is 0 Å². The SMILES string of the molecule is C/C=C\c1c(C)c2c(n1-c1cccc(-n3c4ccccc4c4cc(-c5cncc(-c6cc(-n7c8c(c9ccccc97)CCC=C8)ccn6)c5)ccc43)c1)C(C)CC=C2.